The maximum Gasteiger partial charge on any atom is 0.224 e. The van der Waals surface area contributed by atoms with Crippen molar-refractivity contribution in [3.05, 3.63) is 0 Å². The van der Waals surface area contributed by atoms with Gasteiger partial charge in [0, 0.05) is 31.6 Å². The second kappa shape index (κ2) is 5.83. The molecule has 0 aliphatic carbocycles. The van der Waals surface area contributed by atoms with E-state index in [9.17, 15) is 4.79 Å². The first-order valence-corrected chi connectivity index (χ1v) is 6.49. The number of carbonyl (C=O) groups excluding carboxylic acids is 1. The summed E-state index contributed by atoms with van der Waals surface area (Å²) >= 11 is 0. The van der Waals surface area contributed by atoms with Gasteiger partial charge in [-0.1, -0.05) is 0 Å². The fourth-order valence-electron chi connectivity index (χ4n) is 2.38. The number of nitrogens with zero attached hydrogens (tertiary/aromatic N) is 2. The molecular formula is C13H27N3O. The van der Waals surface area contributed by atoms with Crippen LogP contribution in [0.1, 0.15) is 33.1 Å². The molecule has 0 unspecified atom stereocenters. The maximum absolute atomic E-state index is 12.0. The third kappa shape index (κ3) is 5.50. The van der Waals surface area contributed by atoms with Gasteiger partial charge in [-0.3, -0.25) is 4.79 Å². The predicted molar refractivity (Wildman–Crippen MR) is 70.7 cm³/mol. The van der Waals surface area contributed by atoms with E-state index in [1.165, 1.54) is 0 Å². The standard InChI is InChI=1S/C13H27N3O/c1-13(2,14)9-12(17)16-7-5-11(6-8-16)10-15(3)4/h11H,5-10,14H2,1-4H3. The van der Waals surface area contributed by atoms with Crippen molar-refractivity contribution in [2.45, 2.75) is 38.6 Å². The van der Waals surface area contributed by atoms with Gasteiger partial charge in [0.05, 0.1) is 0 Å². The lowest BCUT2D eigenvalue weighted by molar-refractivity contribution is -0.133. The average Bonchev–Trinajstić information content (AvgIpc) is 2.15. The Labute approximate surface area is 105 Å². The summed E-state index contributed by atoms with van der Waals surface area (Å²) < 4.78 is 0. The van der Waals surface area contributed by atoms with Crippen molar-refractivity contribution in [2.24, 2.45) is 11.7 Å². The van der Waals surface area contributed by atoms with E-state index in [1.807, 2.05) is 18.7 Å². The van der Waals surface area contributed by atoms with Gasteiger partial charge in [-0.05, 0) is 46.7 Å². The van der Waals surface area contributed by atoms with Gasteiger partial charge < -0.3 is 15.5 Å². The lowest BCUT2D eigenvalue weighted by atomic mass is 9.95. The third-order valence-electron chi connectivity index (χ3n) is 3.20. The Morgan fingerprint density at radius 3 is 2.29 bits per heavy atom. The maximum atomic E-state index is 12.0. The Balaban J connectivity index is 2.34. The first-order valence-electron chi connectivity index (χ1n) is 6.49. The second-order valence-electron chi connectivity index (χ2n) is 6.25. The van der Waals surface area contributed by atoms with Gasteiger partial charge in [0.25, 0.3) is 0 Å². The molecule has 4 nitrogen and oxygen atoms in total. The van der Waals surface area contributed by atoms with Crippen LogP contribution in [0, 0.1) is 5.92 Å². The summed E-state index contributed by atoms with van der Waals surface area (Å²) in [6, 6.07) is 0. The van der Waals surface area contributed by atoms with E-state index in [4.69, 9.17) is 5.73 Å². The van der Waals surface area contributed by atoms with E-state index in [2.05, 4.69) is 19.0 Å². The molecule has 1 fully saturated rings. The summed E-state index contributed by atoms with van der Waals surface area (Å²) in [5.41, 5.74) is 5.49. The largest absolute Gasteiger partial charge is 0.343 e. The average molecular weight is 241 g/mol. The smallest absolute Gasteiger partial charge is 0.224 e. The van der Waals surface area contributed by atoms with Crippen molar-refractivity contribution in [1.29, 1.82) is 0 Å². The van der Waals surface area contributed by atoms with Crippen LogP contribution in [0.2, 0.25) is 0 Å². The molecular weight excluding hydrogens is 214 g/mol. The van der Waals surface area contributed by atoms with Crippen LogP contribution >= 0.6 is 0 Å². The summed E-state index contributed by atoms with van der Waals surface area (Å²) in [6.45, 7) is 6.73. The van der Waals surface area contributed by atoms with Crippen LogP contribution < -0.4 is 5.73 Å². The molecule has 0 atom stereocenters. The summed E-state index contributed by atoms with van der Waals surface area (Å²) in [6.07, 6.45) is 2.69. The van der Waals surface area contributed by atoms with Crippen molar-refractivity contribution < 1.29 is 4.79 Å². The Bertz CT molecular complexity index is 250. The Hall–Kier alpha value is -0.610. The molecule has 0 spiro atoms. The minimum atomic E-state index is -0.391. The molecule has 2 N–H and O–H groups in total. The Kier molecular flexibility index (Phi) is 4.95. The third-order valence-corrected chi connectivity index (χ3v) is 3.20. The zero-order valence-electron chi connectivity index (χ0n) is 11.7. The first kappa shape index (κ1) is 14.5. The van der Waals surface area contributed by atoms with Crippen molar-refractivity contribution in [3.63, 3.8) is 0 Å². The molecule has 1 saturated heterocycles. The SMILES string of the molecule is CN(C)CC1CCN(C(=O)CC(C)(C)N)CC1. The van der Waals surface area contributed by atoms with Crippen LogP contribution in [0.15, 0.2) is 0 Å². The summed E-state index contributed by atoms with van der Waals surface area (Å²) in [7, 11) is 4.21. The Morgan fingerprint density at radius 1 is 1.35 bits per heavy atom. The monoisotopic (exact) mass is 241 g/mol. The zero-order chi connectivity index (χ0) is 13.1. The Morgan fingerprint density at radius 2 is 1.88 bits per heavy atom. The van der Waals surface area contributed by atoms with Gasteiger partial charge in [-0.15, -0.1) is 0 Å². The molecule has 1 amide bonds. The van der Waals surface area contributed by atoms with Crippen LogP contribution in [0.4, 0.5) is 0 Å². The van der Waals surface area contributed by atoms with E-state index in [1.54, 1.807) is 0 Å². The number of carbonyl (C=O) groups is 1. The number of hydrogen-bond donors (Lipinski definition) is 1. The number of hydrogen-bond acceptors (Lipinski definition) is 3. The lowest BCUT2D eigenvalue weighted by Gasteiger charge is -2.34. The topological polar surface area (TPSA) is 49.6 Å². The zero-order valence-corrected chi connectivity index (χ0v) is 11.7. The van der Waals surface area contributed by atoms with Gasteiger partial charge in [0.2, 0.25) is 5.91 Å². The summed E-state index contributed by atoms with van der Waals surface area (Å²) in [5, 5.41) is 0. The minimum absolute atomic E-state index is 0.209. The van der Waals surface area contributed by atoms with Crippen molar-refractivity contribution in [1.82, 2.24) is 9.80 Å². The highest BCUT2D eigenvalue weighted by molar-refractivity contribution is 5.77. The fourth-order valence-corrected chi connectivity index (χ4v) is 2.38. The number of piperidine rings is 1. The van der Waals surface area contributed by atoms with Crippen LogP contribution in [-0.2, 0) is 4.79 Å². The minimum Gasteiger partial charge on any atom is -0.343 e. The van der Waals surface area contributed by atoms with Crippen molar-refractivity contribution >= 4 is 5.91 Å². The molecule has 1 rings (SSSR count). The van der Waals surface area contributed by atoms with Crippen LogP contribution in [-0.4, -0.2) is 55.0 Å². The predicted octanol–water partition coefficient (Wildman–Crippen LogP) is 0.914. The van der Waals surface area contributed by atoms with Crippen molar-refractivity contribution in [2.75, 3.05) is 33.7 Å². The molecule has 0 aromatic carbocycles. The molecule has 1 aliphatic rings. The van der Waals surface area contributed by atoms with Gasteiger partial charge in [-0.25, -0.2) is 0 Å². The molecule has 0 saturated carbocycles. The van der Waals surface area contributed by atoms with Gasteiger partial charge in [0.15, 0.2) is 0 Å². The summed E-state index contributed by atoms with van der Waals surface area (Å²) in [4.78, 5) is 16.2. The molecule has 100 valence electrons. The van der Waals surface area contributed by atoms with Gasteiger partial charge >= 0.3 is 0 Å². The summed E-state index contributed by atoms with van der Waals surface area (Å²) in [5.74, 6) is 0.945. The molecule has 0 radical (unpaired) electrons. The molecule has 1 aliphatic heterocycles. The molecule has 0 aromatic heterocycles. The lowest BCUT2D eigenvalue weighted by Crippen LogP contribution is -2.45. The highest BCUT2D eigenvalue weighted by Crippen LogP contribution is 2.19. The number of rotatable bonds is 4. The number of likely N-dealkylation sites (tertiary alicyclic amines) is 1. The van der Waals surface area contributed by atoms with Gasteiger partial charge in [-0.2, -0.15) is 0 Å². The first-order chi connectivity index (χ1) is 7.78. The molecule has 0 aromatic rings. The van der Waals surface area contributed by atoms with E-state index in [0.29, 0.717) is 6.42 Å². The van der Waals surface area contributed by atoms with E-state index in [0.717, 1.165) is 38.4 Å². The highest BCUT2D eigenvalue weighted by Gasteiger charge is 2.26. The molecule has 0 bridgehead atoms. The van der Waals surface area contributed by atoms with E-state index in [-0.39, 0.29) is 5.91 Å². The quantitative estimate of drug-likeness (QED) is 0.796. The number of amides is 1. The molecule has 4 heteroatoms. The number of nitrogens with two attached hydrogens (primary N) is 1. The van der Waals surface area contributed by atoms with Gasteiger partial charge in [0.1, 0.15) is 0 Å². The molecule has 1 heterocycles. The highest BCUT2D eigenvalue weighted by atomic mass is 16.2. The fraction of sp³-hybridized carbons (Fsp3) is 0.923. The van der Waals surface area contributed by atoms with Crippen molar-refractivity contribution in [3.8, 4) is 0 Å². The van der Waals surface area contributed by atoms with Crippen LogP contribution in [0.25, 0.3) is 0 Å². The van der Waals surface area contributed by atoms with E-state index < -0.39 is 5.54 Å². The van der Waals surface area contributed by atoms with Crippen LogP contribution in [0.5, 0.6) is 0 Å². The van der Waals surface area contributed by atoms with E-state index >= 15 is 0 Å². The second-order valence-corrected chi connectivity index (χ2v) is 6.25. The molecule has 17 heavy (non-hydrogen) atoms. The van der Waals surface area contributed by atoms with Crippen LogP contribution in [0.3, 0.4) is 0 Å². The normalized spacial score (nSPS) is 18.8.